The summed E-state index contributed by atoms with van der Waals surface area (Å²) in [6, 6.07) is 4.63. The zero-order chi connectivity index (χ0) is 14.9. The van der Waals surface area contributed by atoms with E-state index in [4.69, 9.17) is 4.74 Å². The Morgan fingerprint density at radius 3 is 2.60 bits per heavy atom. The number of benzene rings is 1. The molecule has 1 atom stereocenters. The molecule has 0 bridgehead atoms. The van der Waals surface area contributed by atoms with Crippen LogP contribution in [0.2, 0.25) is 0 Å². The predicted molar refractivity (Wildman–Crippen MR) is 77.7 cm³/mol. The maximum Gasteiger partial charge on any atom is 0.146 e. The molecule has 0 aliphatic carbocycles. The molecule has 0 saturated carbocycles. The number of nitrogens with one attached hydrogen (secondary N) is 1. The first-order chi connectivity index (χ1) is 9.43. The highest BCUT2D eigenvalue weighted by atomic mass is 19.1. The number of halogens is 1. The minimum absolute atomic E-state index is 0.0368. The molecule has 0 amide bonds. The van der Waals surface area contributed by atoms with Crippen LogP contribution < -0.4 is 10.1 Å². The minimum Gasteiger partial charge on any atom is -0.497 e. The van der Waals surface area contributed by atoms with E-state index < -0.39 is 0 Å². The van der Waals surface area contributed by atoms with Gasteiger partial charge in [-0.2, -0.15) is 5.10 Å². The van der Waals surface area contributed by atoms with E-state index in [1.165, 1.54) is 6.07 Å². The Kier molecular flexibility index (Phi) is 3.97. The Bertz CT molecular complexity index is 622. The Morgan fingerprint density at radius 2 is 2.05 bits per heavy atom. The van der Waals surface area contributed by atoms with Crippen molar-refractivity contribution in [3.63, 3.8) is 0 Å². The van der Waals surface area contributed by atoms with Gasteiger partial charge in [-0.15, -0.1) is 0 Å². The summed E-state index contributed by atoms with van der Waals surface area (Å²) in [5.74, 6) is 0.331. The van der Waals surface area contributed by atoms with Crippen molar-refractivity contribution in [2.45, 2.75) is 26.8 Å². The molecule has 20 heavy (non-hydrogen) atoms. The Labute approximate surface area is 118 Å². The second kappa shape index (κ2) is 5.53. The monoisotopic (exact) mass is 277 g/mol. The van der Waals surface area contributed by atoms with Gasteiger partial charge in [-0.1, -0.05) is 0 Å². The molecule has 0 aliphatic heterocycles. The van der Waals surface area contributed by atoms with E-state index in [1.807, 2.05) is 32.5 Å². The van der Waals surface area contributed by atoms with Crippen molar-refractivity contribution in [1.82, 2.24) is 9.78 Å². The van der Waals surface area contributed by atoms with Crippen molar-refractivity contribution in [2.75, 3.05) is 12.4 Å². The lowest BCUT2D eigenvalue weighted by Gasteiger charge is -2.17. The molecule has 2 aromatic rings. The molecule has 0 spiro atoms. The second-order valence-corrected chi connectivity index (χ2v) is 4.92. The first-order valence-electron chi connectivity index (χ1n) is 6.54. The van der Waals surface area contributed by atoms with Gasteiger partial charge < -0.3 is 10.1 Å². The van der Waals surface area contributed by atoms with E-state index in [0.717, 1.165) is 17.0 Å². The standard InChI is InChI=1S/C15H20FN3O/c1-9(15-10(2)18-19(4)11(15)3)17-14-8-12(20-5)6-7-13(14)16/h6-9,17H,1-5H3. The molecule has 1 aromatic heterocycles. The Morgan fingerprint density at radius 1 is 1.35 bits per heavy atom. The molecule has 0 aliphatic rings. The first-order valence-corrected chi connectivity index (χ1v) is 6.54. The molecular formula is C15H20FN3O. The van der Waals surface area contributed by atoms with Gasteiger partial charge in [0, 0.05) is 24.4 Å². The lowest BCUT2D eigenvalue weighted by atomic mass is 10.1. The third-order valence-electron chi connectivity index (χ3n) is 3.54. The summed E-state index contributed by atoms with van der Waals surface area (Å²) in [7, 11) is 3.47. The minimum atomic E-state index is -0.295. The van der Waals surface area contributed by atoms with Crippen LogP contribution in [0.1, 0.15) is 29.9 Å². The van der Waals surface area contributed by atoms with Crippen molar-refractivity contribution >= 4 is 5.69 Å². The molecule has 1 heterocycles. The summed E-state index contributed by atoms with van der Waals surface area (Å²) in [6.45, 7) is 5.97. The zero-order valence-corrected chi connectivity index (χ0v) is 12.5. The smallest absolute Gasteiger partial charge is 0.146 e. The van der Waals surface area contributed by atoms with Gasteiger partial charge in [0.2, 0.25) is 0 Å². The average Bonchev–Trinajstić information content (AvgIpc) is 2.66. The van der Waals surface area contributed by atoms with Gasteiger partial charge in [0.05, 0.1) is 24.5 Å². The van der Waals surface area contributed by atoms with E-state index in [-0.39, 0.29) is 11.9 Å². The first kappa shape index (κ1) is 14.4. The largest absolute Gasteiger partial charge is 0.497 e. The van der Waals surface area contributed by atoms with Crippen LogP contribution in [0, 0.1) is 19.7 Å². The van der Waals surface area contributed by atoms with E-state index >= 15 is 0 Å². The number of ether oxygens (including phenoxy) is 1. The topological polar surface area (TPSA) is 39.1 Å². The fraction of sp³-hybridized carbons (Fsp3) is 0.400. The number of aromatic nitrogens is 2. The molecule has 0 fully saturated rings. The van der Waals surface area contributed by atoms with Crippen LogP contribution in [0.4, 0.5) is 10.1 Å². The van der Waals surface area contributed by atoms with Crippen molar-refractivity contribution in [3.8, 4) is 5.75 Å². The summed E-state index contributed by atoms with van der Waals surface area (Å²) in [5.41, 5.74) is 3.55. The molecule has 1 aromatic carbocycles. The molecular weight excluding hydrogens is 257 g/mol. The number of anilines is 1. The van der Waals surface area contributed by atoms with Gasteiger partial charge in [-0.3, -0.25) is 4.68 Å². The van der Waals surface area contributed by atoms with Gasteiger partial charge in [-0.05, 0) is 32.9 Å². The lowest BCUT2D eigenvalue weighted by Crippen LogP contribution is -2.10. The Hall–Kier alpha value is -2.04. The van der Waals surface area contributed by atoms with Gasteiger partial charge in [-0.25, -0.2) is 4.39 Å². The molecule has 1 unspecified atom stereocenters. The summed E-state index contributed by atoms with van der Waals surface area (Å²) >= 11 is 0. The fourth-order valence-electron chi connectivity index (χ4n) is 2.46. The van der Waals surface area contributed by atoms with Crippen LogP contribution in [0.3, 0.4) is 0 Å². The molecule has 4 nitrogen and oxygen atoms in total. The van der Waals surface area contributed by atoms with E-state index in [9.17, 15) is 4.39 Å². The SMILES string of the molecule is COc1ccc(F)c(NC(C)c2c(C)nn(C)c2C)c1. The highest BCUT2D eigenvalue weighted by Crippen LogP contribution is 2.28. The van der Waals surface area contributed by atoms with E-state index in [1.54, 1.807) is 19.2 Å². The molecule has 5 heteroatoms. The summed E-state index contributed by atoms with van der Waals surface area (Å²) in [6.07, 6.45) is 0. The number of nitrogens with zero attached hydrogens (tertiary/aromatic N) is 2. The summed E-state index contributed by atoms with van der Waals surface area (Å²) in [5, 5.41) is 7.58. The highest BCUT2D eigenvalue weighted by molar-refractivity contribution is 5.51. The van der Waals surface area contributed by atoms with Crippen molar-refractivity contribution in [3.05, 3.63) is 41.0 Å². The molecule has 108 valence electrons. The van der Waals surface area contributed by atoms with Crippen LogP contribution in [-0.2, 0) is 7.05 Å². The number of methoxy groups -OCH3 is 1. The molecule has 0 saturated heterocycles. The third-order valence-corrected chi connectivity index (χ3v) is 3.54. The number of aryl methyl sites for hydroxylation is 2. The third kappa shape index (κ3) is 2.61. The maximum atomic E-state index is 13.8. The fourth-order valence-corrected chi connectivity index (χ4v) is 2.46. The van der Waals surface area contributed by atoms with Crippen LogP contribution >= 0.6 is 0 Å². The summed E-state index contributed by atoms with van der Waals surface area (Å²) in [4.78, 5) is 0. The number of hydrogen-bond donors (Lipinski definition) is 1. The lowest BCUT2D eigenvalue weighted by molar-refractivity contribution is 0.414. The quantitative estimate of drug-likeness (QED) is 0.931. The van der Waals surface area contributed by atoms with Gasteiger partial charge in [0.25, 0.3) is 0 Å². The Balaban J connectivity index is 2.29. The van der Waals surface area contributed by atoms with Crippen LogP contribution in [-0.4, -0.2) is 16.9 Å². The van der Waals surface area contributed by atoms with Crippen LogP contribution in [0.15, 0.2) is 18.2 Å². The van der Waals surface area contributed by atoms with Crippen LogP contribution in [0.5, 0.6) is 5.75 Å². The van der Waals surface area contributed by atoms with Crippen molar-refractivity contribution in [2.24, 2.45) is 7.05 Å². The maximum absolute atomic E-state index is 13.8. The second-order valence-electron chi connectivity index (χ2n) is 4.92. The van der Waals surface area contributed by atoms with Crippen LogP contribution in [0.25, 0.3) is 0 Å². The molecule has 0 radical (unpaired) electrons. The number of rotatable bonds is 4. The number of hydrogen-bond acceptors (Lipinski definition) is 3. The average molecular weight is 277 g/mol. The summed E-state index contributed by atoms with van der Waals surface area (Å²) < 4.78 is 20.8. The van der Waals surface area contributed by atoms with E-state index in [0.29, 0.717) is 11.4 Å². The highest BCUT2D eigenvalue weighted by Gasteiger charge is 2.17. The van der Waals surface area contributed by atoms with Gasteiger partial charge in [0.15, 0.2) is 0 Å². The molecule has 2 rings (SSSR count). The molecule has 1 N–H and O–H groups in total. The van der Waals surface area contributed by atoms with E-state index in [2.05, 4.69) is 10.4 Å². The van der Waals surface area contributed by atoms with Crippen molar-refractivity contribution < 1.29 is 9.13 Å². The normalized spacial score (nSPS) is 12.3. The van der Waals surface area contributed by atoms with Crippen molar-refractivity contribution in [1.29, 1.82) is 0 Å². The van der Waals surface area contributed by atoms with Gasteiger partial charge >= 0.3 is 0 Å². The zero-order valence-electron chi connectivity index (χ0n) is 12.5. The van der Waals surface area contributed by atoms with Gasteiger partial charge in [0.1, 0.15) is 11.6 Å². The predicted octanol–water partition coefficient (Wildman–Crippen LogP) is 3.36.